The highest BCUT2D eigenvalue weighted by molar-refractivity contribution is 7.89. The first kappa shape index (κ1) is 15.7. The number of nitrogens with zero attached hydrogens (tertiary/aromatic N) is 1. The van der Waals surface area contributed by atoms with Crippen LogP contribution in [0.5, 0.6) is 0 Å². The van der Waals surface area contributed by atoms with Crippen LogP contribution in [0.4, 0.5) is 0 Å². The van der Waals surface area contributed by atoms with Gasteiger partial charge in [0.25, 0.3) is 0 Å². The quantitative estimate of drug-likeness (QED) is 0.907. The zero-order valence-corrected chi connectivity index (χ0v) is 12.8. The van der Waals surface area contributed by atoms with Crippen molar-refractivity contribution in [3.05, 3.63) is 28.2 Å². The van der Waals surface area contributed by atoms with Crippen LogP contribution in [0.1, 0.15) is 6.92 Å². The molecule has 0 aliphatic heterocycles. The average molecular weight is 311 g/mol. The Labute approximate surface area is 118 Å². The maximum atomic E-state index is 12.1. The van der Waals surface area contributed by atoms with Gasteiger partial charge in [-0.05, 0) is 39.2 Å². The first-order valence-corrected chi connectivity index (χ1v) is 7.59. The number of benzene rings is 1. The number of rotatable bonds is 5. The topological polar surface area (TPSA) is 49.4 Å². The minimum absolute atomic E-state index is 0.00243. The SMILES string of the molecule is C[C@H](CNS(=O)(=O)c1cc(Cl)ccc1Cl)N(C)C. The van der Waals surface area contributed by atoms with Crippen molar-refractivity contribution in [2.24, 2.45) is 0 Å². The highest BCUT2D eigenvalue weighted by atomic mass is 35.5. The van der Waals surface area contributed by atoms with E-state index in [2.05, 4.69) is 4.72 Å². The van der Waals surface area contributed by atoms with Gasteiger partial charge in [0.15, 0.2) is 0 Å². The number of hydrogen-bond donors (Lipinski definition) is 1. The van der Waals surface area contributed by atoms with Gasteiger partial charge < -0.3 is 4.90 Å². The second kappa shape index (κ2) is 6.21. The average Bonchev–Trinajstić information content (AvgIpc) is 2.29. The van der Waals surface area contributed by atoms with Gasteiger partial charge in [-0.1, -0.05) is 23.2 Å². The third-order valence-corrected chi connectivity index (χ3v) is 4.77. The molecule has 7 heteroatoms. The summed E-state index contributed by atoms with van der Waals surface area (Å²) in [5, 5.41) is 0.491. The van der Waals surface area contributed by atoms with Gasteiger partial charge in [-0.2, -0.15) is 0 Å². The summed E-state index contributed by atoms with van der Waals surface area (Å²) in [6.45, 7) is 2.22. The lowest BCUT2D eigenvalue weighted by Crippen LogP contribution is -2.38. The van der Waals surface area contributed by atoms with Crippen molar-refractivity contribution in [1.29, 1.82) is 0 Å². The molecule has 0 aromatic heterocycles. The molecule has 0 amide bonds. The van der Waals surface area contributed by atoms with Crippen LogP contribution >= 0.6 is 23.2 Å². The fourth-order valence-corrected chi connectivity index (χ4v) is 3.06. The van der Waals surface area contributed by atoms with Gasteiger partial charge in [0.05, 0.1) is 5.02 Å². The van der Waals surface area contributed by atoms with Gasteiger partial charge >= 0.3 is 0 Å². The Kier molecular flexibility index (Phi) is 5.43. The van der Waals surface area contributed by atoms with Crippen LogP contribution in [0.3, 0.4) is 0 Å². The molecule has 0 saturated heterocycles. The van der Waals surface area contributed by atoms with Gasteiger partial charge in [0, 0.05) is 17.6 Å². The molecular formula is C11H16Cl2N2O2S. The molecule has 102 valence electrons. The van der Waals surface area contributed by atoms with E-state index in [9.17, 15) is 8.42 Å². The molecule has 4 nitrogen and oxygen atoms in total. The van der Waals surface area contributed by atoms with E-state index in [-0.39, 0.29) is 16.0 Å². The molecule has 0 aliphatic rings. The molecule has 0 fully saturated rings. The van der Waals surface area contributed by atoms with E-state index in [1.54, 1.807) is 6.07 Å². The lowest BCUT2D eigenvalue weighted by atomic mass is 10.3. The van der Waals surface area contributed by atoms with E-state index in [0.29, 0.717) is 11.6 Å². The van der Waals surface area contributed by atoms with Crippen LogP contribution in [-0.4, -0.2) is 40.0 Å². The zero-order valence-electron chi connectivity index (χ0n) is 10.4. The number of halogens is 2. The first-order valence-electron chi connectivity index (χ1n) is 5.35. The van der Waals surface area contributed by atoms with Crippen molar-refractivity contribution in [2.45, 2.75) is 17.9 Å². The van der Waals surface area contributed by atoms with Crippen molar-refractivity contribution in [3.63, 3.8) is 0 Å². The zero-order chi connectivity index (χ0) is 13.9. The number of sulfonamides is 1. The maximum absolute atomic E-state index is 12.1. The summed E-state index contributed by atoms with van der Waals surface area (Å²) in [7, 11) is 0.125. The molecule has 0 bridgehead atoms. The van der Waals surface area contributed by atoms with Gasteiger partial charge in [0.2, 0.25) is 10.0 Å². The van der Waals surface area contributed by atoms with Gasteiger partial charge in [-0.15, -0.1) is 0 Å². The number of likely N-dealkylation sites (N-methyl/N-ethyl adjacent to an activating group) is 1. The molecule has 1 aromatic carbocycles. The van der Waals surface area contributed by atoms with Crippen LogP contribution in [0.15, 0.2) is 23.1 Å². The van der Waals surface area contributed by atoms with E-state index in [4.69, 9.17) is 23.2 Å². The van der Waals surface area contributed by atoms with Crippen LogP contribution in [0, 0.1) is 0 Å². The van der Waals surface area contributed by atoms with Crippen LogP contribution in [0.2, 0.25) is 10.0 Å². The Balaban J connectivity index is 2.90. The Morgan fingerprint density at radius 2 is 1.94 bits per heavy atom. The molecule has 1 aromatic rings. The Morgan fingerprint density at radius 1 is 1.33 bits per heavy atom. The van der Waals surface area contributed by atoms with Crippen molar-refractivity contribution in [3.8, 4) is 0 Å². The van der Waals surface area contributed by atoms with Crippen LogP contribution in [-0.2, 0) is 10.0 Å². The molecule has 18 heavy (non-hydrogen) atoms. The summed E-state index contributed by atoms with van der Waals surface area (Å²) in [4.78, 5) is 1.92. The summed E-state index contributed by atoms with van der Waals surface area (Å²) in [5.74, 6) is 0. The minimum atomic E-state index is -3.64. The smallest absolute Gasteiger partial charge is 0.242 e. The van der Waals surface area contributed by atoms with Gasteiger partial charge in [-0.3, -0.25) is 0 Å². The standard InChI is InChI=1S/C11H16Cl2N2O2S/c1-8(15(2)3)7-14-18(16,17)11-6-9(12)4-5-10(11)13/h4-6,8,14H,7H2,1-3H3/t8-/m1/s1. The Morgan fingerprint density at radius 3 is 2.50 bits per heavy atom. The monoisotopic (exact) mass is 310 g/mol. The summed E-state index contributed by atoms with van der Waals surface area (Å²) in [5.41, 5.74) is 0. The van der Waals surface area contributed by atoms with E-state index >= 15 is 0 Å². The molecule has 0 saturated carbocycles. The van der Waals surface area contributed by atoms with E-state index in [1.807, 2.05) is 25.9 Å². The number of nitrogens with one attached hydrogen (secondary N) is 1. The largest absolute Gasteiger partial charge is 0.305 e. The molecule has 1 rings (SSSR count). The van der Waals surface area contributed by atoms with Gasteiger partial charge in [0.1, 0.15) is 4.90 Å². The van der Waals surface area contributed by atoms with Crippen molar-refractivity contribution in [1.82, 2.24) is 9.62 Å². The van der Waals surface area contributed by atoms with Crippen molar-refractivity contribution >= 4 is 33.2 Å². The number of hydrogen-bond acceptors (Lipinski definition) is 3. The molecule has 1 N–H and O–H groups in total. The second-order valence-corrected chi connectivity index (χ2v) is 6.82. The molecule has 0 spiro atoms. The molecule has 0 unspecified atom stereocenters. The van der Waals surface area contributed by atoms with E-state index < -0.39 is 10.0 Å². The third kappa shape index (κ3) is 4.10. The highest BCUT2D eigenvalue weighted by Gasteiger charge is 2.19. The highest BCUT2D eigenvalue weighted by Crippen LogP contribution is 2.24. The maximum Gasteiger partial charge on any atom is 0.242 e. The predicted octanol–water partition coefficient (Wildman–Crippen LogP) is 2.22. The lowest BCUT2D eigenvalue weighted by molar-refractivity contribution is 0.314. The Hall–Kier alpha value is -0.330. The summed E-state index contributed by atoms with van der Waals surface area (Å²) < 4.78 is 26.6. The summed E-state index contributed by atoms with van der Waals surface area (Å²) >= 11 is 11.6. The first-order chi connectivity index (χ1) is 8.24. The third-order valence-electron chi connectivity index (χ3n) is 2.63. The molecule has 1 atom stereocenters. The second-order valence-electron chi connectivity index (χ2n) is 4.24. The fraction of sp³-hybridized carbons (Fsp3) is 0.455. The normalized spacial score (nSPS) is 13.9. The molecule has 0 heterocycles. The van der Waals surface area contributed by atoms with Crippen LogP contribution < -0.4 is 4.72 Å². The van der Waals surface area contributed by atoms with E-state index in [1.165, 1.54) is 12.1 Å². The summed E-state index contributed by atoms with van der Waals surface area (Å²) in [6.07, 6.45) is 0. The van der Waals surface area contributed by atoms with Crippen molar-refractivity contribution < 1.29 is 8.42 Å². The van der Waals surface area contributed by atoms with E-state index in [0.717, 1.165) is 0 Å². The summed E-state index contributed by atoms with van der Waals surface area (Å²) in [6, 6.07) is 4.43. The minimum Gasteiger partial charge on any atom is -0.305 e. The lowest BCUT2D eigenvalue weighted by Gasteiger charge is -2.20. The molecule has 0 radical (unpaired) electrons. The molecular weight excluding hydrogens is 295 g/mol. The fourth-order valence-electron chi connectivity index (χ4n) is 1.17. The molecule has 0 aliphatic carbocycles. The van der Waals surface area contributed by atoms with Gasteiger partial charge in [-0.25, -0.2) is 13.1 Å². The predicted molar refractivity (Wildman–Crippen MR) is 74.8 cm³/mol. The van der Waals surface area contributed by atoms with Crippen LogP contribution in [0.25, 0.3) is 0 Å². The Bertz CT molecular complexity index is 518. The van der Waals surface area contributed by atoms with Crippen molar-refractivity contribution in [2.75, 3.05) is 20.6 Å².